The lowest BCUT2D eigenvalue weighted by molar-refractivity contribution is -0.113. The zero-order valence-corrected chi connectivity index (χ0v) is 19.8. The Morgan fingerprint density at radius 1 is 1.06 bits per heavy atom. The van der Waals surface area contributed by atoms with Crippen LogP contribution in [-0.2, 0) is 4.79 Å². The van der Waals surface area contributed by atoms with Crippen molar-refractivity contribution in [2.45, 2.75) is 12.1 Å². The minimum absolute atomic E-state index is 0.0697. The second-order valence-electron chi connectivity index (χ2n) is 7.31. The van der Waals surface area contributed by atoms with Gasteiger partial charge in [-0.1, -0.05) is 65.0 Å². The lowest BCUT2D eigenvalue weighted by Crippen LogP contribution is -2.23. The molecular formula is C24H17ClN4O2S2. The smallest absolute Gasteiger partial charge is 0.266 e. The molecule has 2 heterocycles. The highest BCUT2D eigenvalue weighted by molar-refractivity contribution is 7.99. The molecular weight excluding hydrogens is 476 g/mol. The largest absolute Gasteiger partial charge is 0.301 e. The zero-order chi connectivity index (χ0) is 22.9. The number of amides is 1. The third kappa shape index (κ3) is 4.37. The number of hydrogen-bond donors (Lipinski definition) is 1. The fourth-order valence-corrected chi connectivity index (χ4v) is 5.24. The number of aryl methyl sites for hydroxylation is 1. The van der Waals surface area contributed by atoms with Crippen LogP contribution in [0.15, 0.2) is 76.7 Å². The first-order valence-electron chi connectivity index (χ1n) is 10.1. The Hall–Kier alpha value is -3.20. The van der Waals surface area contributed by atoms with Crippen molar-refractivity contribution in [3.8, 4) is 5.69 Å². The van der Waals surface area contributed by atoms with Crippen LogP contribution in [0.1, 0.15) is 5.56 Å². The Bertz CT molecular complexity index is 1550. The van der Waals surface area contributed by atoms with Crippen molar-refractivity contribution < 1.29 is 4.79 Å². The summed E-state index contributed by atoms with van der Waals surface area (Å²) in [6.07, 6.45) is 0. The van der Waals surface area contributed by atoms with Crippen LogP contribution in [0.3, 0.4) is 0 Å². The average molecular weight is 493 g/mol. The van der Waals surface area contributed by atoms with Gasteiger partial charge in [0.05, 0.1) is 32.6 Å². The van der Waals surface area contributed by atoms with Crippen LogP contribution in [0.25, 0.3) is 26.8 Å². The summed E-state index contributed by atoms with van der Waals surface area (Å²) in [5.41, 5.74) is 2.71. The van der Waals surface area contributed by atoms with Gasteiger partial charge >= 0.3 is 0 Å². The van der Waals surface area contributed by atoms with Crippen molar-refractivity contribution in [2.75, 3.05) is 11.1 Å². The molecule has 0 spiro atoms. The number of thioether (sulfide) groups is 1. The van der Waals surface area contributed by atoms with Crippen molar-refractivity contribution >= 4 is 66.9 Å². The van der Waals surface area contributed by atoms with Crippen molar-refractivity contribution in [3.63, 3.8) is 0 Å². The van der Waals surface area contributed by atoms with Crippen molar-refractivity contribution in [3.05, 3.63) is 87.7 Å². The van der Waals surface area contributed by atoms with Crippen molar-refractivity contribution in [2.24, 2.45) is 0 Å². The van der Waals surface area contributed by atoms with E-state index in [1.165, 1.54) is 27.7 Å². The fraction of sp³-hybridized carbons (Fsp3) is 0.0833. The summed E-state index contributed by atoms with van der Waals surface area (Å²) in [4.78, 5) is 35.1. The van der Waals surface area contributed by atoms with Crippen LogP contribution in [-0.4, -0.2) is 26.2 Å². The molecule has 3 aromatic carbocycles. The molecule has 33 heavy (non-hydrogen) atoms. The summed E-state index contributed by atoms with van der Waals surface area (Å²) in [6, 6.07) is 20.3. The van der Waals surface area contributed by atoms with Crippen molar-refractivity contribution in [1.29, 1.82) is 0 Å². The van der Waals surface area contributed by atoms with E-state index < -0.39 is 0 Å². The number of aromatic nitrogens is 3. The molecule has 164 valence electrons. The fourth-order valence-electron chi connectivity index (χ4n) is 3.37. The number of nitrogens with one attached hydrogen (secondary N) is 1. The van der Waals surface area contributed by atoms with Gasteiger partial charge in [0, 0.05) is 5.02 Å². The molecule has 1 N–H and O–H groups in total. The average Bonchev–Trinajstić information content (AvgIpc) is 3.22. The molecule has 0 aliphatic heterocycles. The van der Waals surface area contributed by atoms with Crippen LogP contribution in [0.5, 0.6) is 0 Å². The van der Waals surface area contributed by atoms with Crippen LogP contribution in [0, 0.1) is 6.92 Å². The van der Waals surface area contributed by atoms with Crippen LogP contribution in [0.4, 0.5) is 5.13 Å². The molecule has 0 radical (unpaired) electrons. The summed E-state index contributed by atoms with van der Waals surface area (Å²) in [5.74, 6) is -0.157. The number of benzene rings is 3. The first kappa shape index (κ1) is 21.6. The molecule has 0 fully saturated rings. The normalized spacial score (nSPS) is 11.2. The van der Waals surface area contributed by atoms with Gasteiger partial charge in [-0.15, -0.1) is 0 Å². The Labute approximate surface area is 202 Å². The number of para-hydroxylation sites is 2. The highest BCUT2D eigenvalue weighted by Gasteiger charge is 2.16. The number of thiazole rings is 1. The number of carbonyl (C=O) groups is 1. The van der Waals surface area contributed by atoms with Gasteiger partial charge < -0.3 is 5.32 Å². The molecule has 0 unspecified atom stereocenters. The number of rotatable bonds is 5. The quantitative estimate of drug-likeness (QED) is 0.252. The summed E-state index contributed by atoms with van der Waals surface area (Å²) in [6.45, 7) is 1.90. The summed E-state index contributed by atoms with van der Waals surface area (Å²) >= 11 is 8.93. The van der Waals surface area contributed by atoms with E-state index in [0.717, 1.165) is 15.8 Å². The van der Waals surface area contributed by atoms with Gasteiger partial charge in [-0.25, -0.2) is 9.97 Å². The number of nitrogens with zero attached hydrogens (tertiary/aromatic N) is 3. The predicted octanol–water partition coefficient (Wildman–Crippen LogP) is 5.69. The SMILES string of the molecule is Cc1ccc(-n2c(SCC(=O)Nc3nc4ccccc4s3)nc3ccccc3c2=O)cc1Cl. The minimum Gasteiger partial charge on any atom is -0.301 e. The van der Waals surface area contributed by atoms with E-state index in [2.05, 4.69) is 15.3 Å². The molecule has 5 aromatic rings. The molecule has 6 nitrogen and oxygen atoms in total. The highest BCUT2D eigenvalue weighted by Crippen LogP contribution is 2.27. The third-order valence-electron chi connectivity index (χ3n) is 5.03. The van der Waals surface area contributed by atoms with Crippen LogP contribution < -0.4 is 10.9 Å². The van der Waals surface area contributed by atoms with Gasteiger partial charge in [0.15, 0.2) is 10.3 Å². The highest BCUT2D eigenvalue weighted by atomic mass is 35.5. The standard InChI is InChI=1S/C24H17ClN4O2S2/c1-14-10-11-15(12-17(14)25)29-22(31)16-6-2-3-7-18(16)27-24(29)32-13-21(30)28-23-26-19-8-4-5-9-20(19)33-23/h2-12H,13H2,1H3,(H,26,28,30). The van der Waals surface area contributed by atoms with Gasteiger partial charge in [-0.2, -0.15) is 0 Å². The van der Waals surface area contributed by atoms with E-state index in [9.17, 15) is 9.59 Å². The number of anilines is 1. The molecule has 9 heteroatoms. The first-order chi connectivity index (χ1) is 16.0. The number of hydrogen-bond acceptors (Lipinski definition) is 6. The molecule has 0 saturated carbocycles. The Kier molecular flexibility index (Phi) is 5.88. The number of carbonyl (C=O) groups excluding carboxylic acids is 1. The lowest BCUT2D eigenvalue weighted by Gasteiger charge is -2.14. The topological polar surface area (TPSA) is 76.9 Å². The maximum absolute atomic E-state index is 13.3. The second kappa shape index (κ2) is 8.97. The number of halogens is 1. The second-order valence-corrected chi connectivity index (χ2v) is 9.69. The molecule has 1 amide bonds. The van der Waals surface area contributed by atoms with Crippen LogP contribution >= 0.6 is 34.7 Å². The summed E-state index contributed by atoms with van der Waals surface area (Å²) in [7, 11) is 0. The Morgan fingerprint density at radius 2 is 1.82 bits per heavy atom. The van der Waals surface area contributed by atoms with E-state index in [4.69, 9.17) is 11.6 Å². The number of fused-ring (bicyclic) bond motifs is 2. The molecule has 0 bridgehead atoms. The molecule has 0 atom stereocenters. The Balaban J connectivity index is 1.46. The molecule has 5 rings (SSSR count). The van der Waals surface area contributed by atoms with Gasteiger partial charge in [0.25, 0.3) is 5.56 Å². The zero-order valence-electron chi connectivity index (χ0n) is 17.4. The van der Waals surface area contributed by atoms with Crippen molar-refractivity contribution in [1.82, 2.24) is 14.5 Å². The van der Waals surface area contributed by atoms with Gasteiger partial charge in [-0.05, 0) is 48.9 Å². The summed E-state index contributed by atoms with van der Waals surface area (Å²) < 4.78 is 2.50. The van der Waals surface area contributed by atoms with E-state index in [1.807, 2.05) is 49.4 Å². The van der Waals surface area contributed by atoms with E-state index >= 15 is 0 Å². The minimum atomic E-state index is -0.227. The monoisotopic (exact) mass is 492 g/mol. The molecule has 2 aromatic heterocycles. The first-order valence-corrected chi connectivity index (χ1v) is 12.2. The summed E-state index contributed by atoms with van der Waals surface area (Å²) in [5, 5.41) is 4.84. The van der Waals surface area contributed by atoms with E-state index in [1.54, 1.807) is 24.3 Å². The van der Waals surface area contributed by atoms with Crippen LogP contribution in [0.2, 0.25) is 5.02 Å². The lowest BCUT2D eigenvalue weighted by atomic mass is 10.2. The maximum Gasteiger partial charge on any atom is 0.266 e. The molecule has 0 aliphatic carbocycles. The Morgan fingerprint density at radius 3 is 2.61 bits per heavy atom. The third-order valence-corrected chi connectivity index (χ3v) is 7.33. The van der Waals surface area contributed by atoms with Gasteiger partial charge in [0.1, 0.15) is 0 Å². The van der Waals surface area contributed by atoms with E-state index in [0.29, 0.717) is 31.9 Å². The van der Waals surface area contributed by atoms with Gasteiger partial charge in [0.2, 0.25) is 5.91 Å². The molecule has 0 aliphatic rings. The van der Waals surface area contributed by atoms with E-state index in [-0.39, 0.29) is 17.2 Å². The molecule has 0 saturated heterocycles. The maximum atomic E-state index is 13.3. The van der Waals surface area contributed by atoms with Gasteiger partial charge in [-0.3, -0.25) is 14.2 Å². The predicted molar refractivity (Wildman–Crippen MR) is 136 cm³/mol.